The van der Waals surface area contributed by atoms with E-state index in [1.807, 2.05) is 13.8 Å². The third-order valence-electron chi connectivity index (χ3n) is 6.58. The largest absolute Gasteiger partial charge is 0.398 e. The zero-order chi connectivity index (χ0) is 22.5. The number of allylic oxidation sites excluding steroid dienone is 4. The molecule has 158 valence electrons. The molecule has 1 aliphatic heterocycles. The van der Waals surface area contributed by atoms with E-state index < -0.39 is 0 Å². The number of nitrogens with two attached hydrogens (primary N) is 1. The first-order valence-corrected chi connectivity index (χ1v) is 11.4. The van der Waals surface area contributed by atoms with Crippen LogP contribution >= 0.6 is 0 Å². The average Bonchev–Trinajstić information content (AvgIpc) is 2.95. The Morgan fingerprint density at radius 2 is 1.72 bits per heavy atom. The number of aromatic nitrogens is 1. The highest BCUT2D eigenvalue weighted by Crippen LogP contribution is 2.48. The van der Waals surface area contributed by atoms with Crippen LogP contribution in [0.5, 0.6) is 0 Å². The van der Waals surface area contributed by atoms with Crippen molar-refractivity contribution in [1.29, 1.82) is 0 Å². The summed E-state index contributed by atoms with van der Waals surface area (Å²) in [5.74, 6) is 6.49. The van der Waals surface area contributed by atoms with Crippen molar-refractivity contribution in [3.05, 3.63) is 89.5 Å². The Kier molecular flexibility index (Phi) is 4.72. The van der Waals surface area contributed by atoms with Crippen LogP contribution in [0.3, 0.4) is 0 Å². The van der Waals surface area contributed by atoms with Crippen LogP contribution in [0.4, 0.5) is 5.69 Å². The highest BCUT2D eigenvalue weighted by Gasteiger charge is 2.34. The van der Waals surface area contributed by atoms with E-state index in [-0.39, 0.29) is 5.41 Å². The van der Waals surface area contributed by atoms with Gasteiger partial charge in [0.25, 0.3) is 0 Å². The number of hydrogen-bond donors (Lipinski definition) is 1. The Morgan fingerprint density at radius 1 is 0.938 bits per heavy atom. The molecular formula is C30H28N2. The van der Waals surface area contributed by atoms with Gasteiger partial charge in [0.15, 0.2) is 0 Å². The summed E-state index contributed by atoms with van der Waals surface area (Å²) in [6.45, 7) is 8.64. The molecule has 3 aromatic carbocycles. The van der Waals surface area contributed by atoms with Crippen LogP contribution in [0.25, 0.3) is 33.1 Å². The van der Waals surface area contributed by atoms with Crippen LogP contribution < -0.4 is 5.73 Å². The molecule has 0 saturated heterocycles. The molecule has 0 unspecified atom stereocenters. The molecule has 6 rings (SSSR count). The van der Waals surface area contributed by atoms with Gasteiger partial charge in [-0.1, -0.05) is 88.1 Å². The second-order valence-electron chi connectivity index (χ2n) is 8.65. The topological polar surface area (TPSA) is 30.9 Å². The van der Waals surface area contributed by atoms with Gasteiger partial charge in [0, 0.05) is 39.4 Å². The lowest BCUT2D eigenvalue weighted by Crippen LogP contribution is -2.26. The lowest BCUT2D eigenvalue weighted by molar-refractivity contribution is 0.630. The van der Waals surface area contributed by atoms with Crippen LogP contribution in [-0.4, -0.2) is 4.57 Å². The van der Waals surface area contributed by atoms with E-state index in [4.69, 9.17) is 5.73 Å². The number of benzene rings is 3. The molecule has 32 heavy (non-hydrogen) atoms. The molecule has 0 radical (unpaired) electrons. The predicted molar refractivity (Wildman–Crippen MR) is 138 cm³/mol. The van der Waals surface area contributed by atoms with Crippen LogP contribution in [0.2, 0.25) is 0 Å². The summed E-state index contributed by atoms with van der Waals surface area (Å²) < 4.78 is 2.40. The van der Waals surface area contributed by atoms with Crippen molar-refractivity contribution in [3.63, 3.8) is 0 Å². The zero-order valence-electron chi connectivity index (χ0n) is 19.2. The molecule has 2 N–H and O–H groups in total. The van der Waals surface area contributed by atoms with E-state index in [1.54, 1.807) is 0 Å². The number of anilines is 1. The molecule has 0 atom stereocenters. The van der Waals surface area contributed by atoms with E-state index in [0.29, 0.717) is 0 Å². The third kappa shape index (κ3) is 2.75. The summed E-state index contributed by atoms with van der Waals surface area (Å²) in [6, 6.07) is 19.8. The normalized spacial score (nSPS) is 15.2. The Bertz CT molecular complexity index is 1500. The minimum Gasteiger partial charge on any atom is -0.398 e. The number of fused-ring (bicyclic) bond motifs is 5. The monoisotopic (exact) mass is 416 g/mol. The molecule has 0 fully saturated rings. The average molecular weight is 417 g/mol. The van der Waals surface area contributed by atoms with Gasteiger partial charge >= 0.3 is 0 Å². The Labute approximate surface area is 190 Å². The zero-order valence-corrected chi connectivity index (χ0v) is 19.2. The molecule has 0 saturated carbocycles. The van der Waals surface area contributed by atoms with Gasteiger partial charge in [-0.2, -0.15) is 0 Å². The Balaban J connectivity index is 0.00000105. The van der Waals surface area contributed by atoms with E-state index in [9.17, 15) is 0 Å². The standard InChI is InChI=1S/C28H22N2.C2H6/c1-28(2)22-13-7-8-15-25(22)30-26-17-24(29)20(18-10-5-3-4-6-11-18)16-21(26)19-12-9-14-23(28)27(19)30;1-2/h3,5,7-10,12-17H,4,29H2,1-2H3;1-2H3. The molecule has 2 nitrogen and oxygen atoms in total. The maximum Gasteiger partial charge on any atom is 0.0582 e. The smallest absolute Gasteiger partial charge is 0.0582 e. The van der Waals surface area contributed by atoms with Gasteiger partial charge < -0.3 is 10.3 Å². The summed E-state index contributed by atoms with van der Waals surface area (Å²) in [5.41, 5.74) is 15.7. The van der Waals surface area contributed by atoms with Gasteiger partial charge in [-0.05, 0) is 35.4 Å². The summed E-state index contributed by atoms with van der Waals surface area (Å²) in [7, 11) is 0. The lowest BCUT2D eigenvalue weighted by Gasteiger charge is -2.34. The number of para-hydroxylation sites is 2. The first-order chi connectivity index (χ1) is 15.6. The van der Waals surface area contributed by atoms with Gasteiger partial charge in [0.05, 0.1) is 16.7 Å². The Hall–Kier alpha value is -3.70. The van der Waals surface area contributed by atoms with Crippen molar-refractivity contribution < 1.29 is 0 Å². The lowest BCUT2D eigenvalue weighted by atomic mass is 9.75. The van der Waals surface area contributed by atoms with Crippen molar-refractivity contribution in [2.24, 2.45) is 0 Å². The number of rotatable bonds is 1. The van der Waals surface area contributed by atoms with Crippen molar-refractivity contribution in [2.75, 3.05) is 5.73 Å². The fraction of sp³-hybridized carbons (Fsp3) is 0.200. The fourth-order valence-corrected chi connectivity index (χ4v) is 5.09. The quantitative estimate of drug-likeness (QED) is 0.255. The number of nitrogens with zero attached hydrogens (tertiary/aromatic N) is 1. The van der Waals surface area contributed by atoms with Crippen LogP contribution in [0.1, 0.15) is 50.8 Å². The molecule has 2 heteroatoms. The van der Waals surface area contributed by atoms with Crippen molar-refractivity contribution in [1.82, 2.24) is 4.57 Å². The molecule has 1 aromatic heterocycles. The maximum atomic E-state index is 6.60. The SMILES string of the molecule is CC.CC1(C)c2ccccc2-n2c3cc(N)c(C4=CC=CCC#C4)cc3c3cccc1c32. The third-order valence-corrected chi connectivity index (χ3v) is 6.58. The van der Waals surface area contributed by atoms with Gasteiger partial charge in [0.1, 0.15) is 0 Å². The minimum absolute atomic E-state index is 0.0606. The second kappa shape index (κ2) is 7.46. The van der Waals surface area contributed by atoms with E-state index in [1.165, 1.54) is 33.1 Å². The maximum absolute atomic E-state index is 6.60. The van der Waals surface area contributed by atoms with Crippen LogP contribution in [0, 0.1) is 11.8 Å². The van der Waals surface area contributed by atoms with E-state index in [0.717, 1.165) is 28.8 Å². The summed E-state index contributed by atoms with van der Waals surface area (Å²) in [6.07, 6.45) is 6.98. The van der Waals surface area contributed by atoms with Crippen molar-refractivity contribution in [2.45, 2.75) is 39.5 Å². The van der Waals surface area contributed by atoms with Gasteiger partial charge in [-0.15, -0.1) is 0 Å². The molecular weight excluding hydrogens is 388 g/mol. The van der Waals surface area contributed by atoms with Crippen molar-refractivity contribution >= 4 is 33.1 Å². The second-order valence-corrected chi connectivity index (χ2v) is 8.65. The van der Waals surface area contributed by atoms with Gasteiger partial charge in [-0.3, -0.25) is 0 Å². The minimum atomic E-state index is -0.0606. The molecule has 2 aliphatic rings. The molecule has 0 spiro atoms. The molecule has 0 amide bonds. The van der Waals surface area contributed by atoms with Crippen molar-refractivity contribution in [3.8, 4) is 17.5 Å². The highest BCUT2D eigenvalue weighted by atomic mass is 15.0. The van der Waals surface area contributed by atoms with Gasteiger partial charge in [0.2, 0.25) is 0 Å². The van der Waals surface area contributed by atoms with Gasteiger partial charge in [-0.25, -0.2) is 0 Å². The van der Waals surface area contributed by atoms with Crippen LogP contribution in [0.15, 0.2) is 72.8 Å². The van der Waals surface area contributed by atoms with Crippen LogP contribution in [-0.2, 0) is 5.41 Å². The number of nitrogen functional groups attached to an aromatic ring is 1. The summed E-state index contributed by atoms with van der Waals surface area (Å²) in [5, 5.41) is 2.49. The molecule has 0 bridgehead atoms. The number of hydrogen-bond acceptors (Lipinski definition) is 1. The predicted octanol–water partition coefficient (Wildman–Crippen LogP) is 7.38. The highest BCUT2D eigenvalue weighted by molar-refractivity contribution is 6.13. The summed E-state index contributed by atoms with van der Waals surface area (Å²) in [4.78, 5) is 0. The molecule has 2 heterocycles. The molecule has 1 aliphatic carbocycles. The molecule has 4 aromatic rings. The fourth-order valence-electron chi connectivity index (χ4n) is 5.09. The summed E-state index contributed by atoms with van der Waals surface area (Å²) >= 11 is 0. The Morgan fingerprint density at radius 3 is 2.56 bits per heavy atom. The first kappa shape index (κ1) is 20.2. The van der Waals surface area contributed by atoms with E-state index in [2.05, 4.69) is 103 Å². The first-order valence-electron chi connectivity index (χ1n) is 11.4. The van der Waals surface area contributed by atoms with E-state index >= 15 is 0 Å².